The van der Waals surface area contributed by atoms with Gasteiger partial charge in [0.1, 0.15) is 13.1 Å². The molecule has 8 heteroatoms. The molecular formula is C11H15N5O3. The van der Waals surface area contributed by atoms with E-state index in [0.717, 1.165) is 0 Å². The van der Waals surface area contributed by atoms with Gasteiger partial charge in [0.2, 0.25) is 0 Å². The quantitative estimate of drug-likeness (QED) is 0.534. The lowest BCUT2D eigenvalue weighted by molar-refractivity contribution is -0.149. The average Bonchev–Trinajstić information content (AvgIpc) is 2.61. The number of hydrogen-bond acceptors (Lipinski definition) is 6. The van der Waals surface area contributed by atoms with Gasteiger partial charge in [-0.3, -0.25) is 14.3 Å². The van der Waals surface area contributed by atoms with Crippen LogP contribution in [0.5, 0.6) is 0 Å². The van der Waals surface area contributed by atoms with Gasteiger partial charge in [-0.2, -0.15) is 10.4 Å². The van der Waals surface area contributed by atoms with Crippen molar-refractivity contribution in [1.82, 2.24) is 15.1 Å². The van der Waals surface area contributed by atoms with Crippen LogP contribution < -0.4 is 11.1 Å². The molecule has 1 heterocycles. The van der Waals surface area contributed by atoms with Gasteiger partial charge in [0.25, 0.3) is 5.91 Å². The molecule has 0 bridgehead atoms. The van der Waals surface area contributed by atoms with Gasteiger partial charge < -0.3 is 15.8 Å². The molecule has 19 heavy (non-hydrogen) atoms. The Labute approximate surface area is 110 Å². The maximum atomic E-state index is 11.5. The number of nitrogens with one attached hydrogen (secondary N) is 1. The summed E-state index contributed by atoms with van der Waals surface area (Å²) in [4.78, 5) is 22.6. The molecular weight excluding hydrogens is 250 g/mol. The van der Waals surface area contributed by atoms with Crippen LogP contribution in [0.25, 0.3) is 0 Å². The van der Waals surface area contributed by atoms with Crippen molar-refractivity contribution in [3.63, 3.8) is 0 Å². The molecule has 3 N–H and O–H groups in total. The van der Waals surface area contributed by atoms with E-state index in [9.17, 15) is 9.59 Å². The summed E-state index contributed by atoms with van der Waals surface area (Å²) < 4.78 is 6.16. The molecule has 0 saturated heterocycles. The summed E-state index contributed by atoms with van der Waals surface area (Å²) in [7, 11) is 0. The summed E-state index contributed by atoms with van der Waals surface area (Å²) in [6.07, 6.45) is 0. The van der Waals surface area contributed by atoms with E-state index in [4.69, 9.17) is 15.7 Å². The first-order valence-electron chi connectivity index (χ1n) is 5.54. The molecule has 1 rings (SSSR count). The number of nitrogen functional groups attached to an aromatic ring is 1. The smallest absolute Gasteiger partial charge is 0.328 e. The normalized spacial score (nSPS) is 9.74. The lowest BCUT2D eigenvalue weighted by Gasteiger charge is -2.06. The highest BCUT2D eigenvalue weighted by atomic mass is 16.5. The molecule has 0 spiro atoms. The molecule has 0 radical (unpaired) electrons. The van der Waals surface area contributed by atoms with Crippen LogP contribution in [0.15, 0.2) is 0 Å². The number of nitriles is 1. The minimum Gasteiger partial charge on any atom is -0.454 e. The molecule has 0 fully saturated rings. The third kappa shape index (κ3) is 3.99. The highest BCUT2D eigenvalue weighted by Gasteiger charge is 2.13. The standard InChI is InChI=1S/C11H15N5O3/c1-7-11(13)8(2)16(15-7)5-10(18)19-6-9(17)14-4-3-12/h4-6,13H2,1-2H3,(H,14,17). The largest absolute Gasteiger partial charge is 0.454 e. The SMILES string of the molecule is Cc1nn(CC(=O)OCC(=O)NCC#N)c(C)c1N. The molecule has 0 aromatic carbocycles. The number of nitrogens with two attached hydrogens (primary N) is 1. The van der Waals surface area contributed by atoms with E-state index in [1.54, 1.807) is 19.9 Å². The van der Waals surface area contributed by atoms with Crippen LogP contribution >= 0.6 is 0 Å². The van der Waals surface area contributed by atoms with Gasteiger partial charge in [-0.1, -0.05) is 0 Å². The molecule has 0 unspecified atom stereocenters. The summed E-state index contributed by atoms with van der Waals surface area (Å²) in [5.74, 6) is -1.12. The van der Waals surface area contributed by atoms with Crippen molar-refractivity contribution >= 4 is 17.6 Å². The Morgan fingerprint density at radius 1 is 1.53 bits per heavy atom. The number of nitrogens with zero attached hydrogens (tertiary/aromatic N) is 3. The van der Waals surface area contributed by atoms with Crippen molar-refractivity contribution in [3.8, 4) is 6.07 Å². The molecule has 0 aliphatic rings. The van der Waals surface area contributed by atoms with Gasteiger partial charge in [-0.15, -0.1) is 0 Å². The maximum Gasteiger partial charge on any atom is 0.328 e. The minimum absolute atomic E-state index is 0.116. The Bertz CT molecular complexity index is 529. The van der Waals surface area contributed by atoms with Crippen LogP contribution in [0.4, 0.5) is 5.69 Å². The Balaban J connectivity index is 2.46. The molecule has 0 aliphatic carbocycles. The van der Waals surface area contributed by atoms with Crippen LogP contribution in [-0.2, 0) is 20.9 Å². The van der Waals surface area contributed by atoms with Gasteiger partial charge in [-0.05, 0) is 13.8 Å². The third-order valence-corrected chi connectivity index (χ3v) is 2.45. The van der Waals surface area contributed by atoms with E-state index in [2.05, 4.69) is 10.4 Å². The lowest BCUT2D eigenvalue weighted by atomic mass is 10.3. The first-order valence-corrected chi connectivity index (χ1v) is 5.54. The molecule has 102 valence electrons. The first-order chi connectivity index (χ1) is 8.95. The second-order valence-electron chi connectivity index (χ2n) is 3.84. The molecule has 0 atom stereocenters. The van der Waals surface area contributed by atoms with Crippen molar-refractivity contribution in [2.24, 2.45) is 0 Å². The van der Waals surface area contributed by atoms with Crippen LogP contribution in [0.2, 0.25) is 0 Å². The van der Waals surface area contributed by atoms with Gasteiger partial charge in [0.05, 0.1) is 23.1 Å². The maximum absolute atomic E-state index is 11.5. The van der Waals surface area contributed by atoms with Crippen molar-refractivity contribution in [1.29, 1.82) is 5.26 Å². The molecule has 1 aromatic heterocycles. The highest BCUT2D eigenvalue weighted by Crippen LogP contribution is 2.14. The minimum atomic E-state index is -0.599. The number of aryl methyl sites for hydroxylation is 1. The van der Waals surface area contributed by atoms with Gasteiger partial charge in [0.15, 0.2) is 6.61 Å². The zero-order valence-corrected chi connectivity index (χ0v) is 10.8. The predicted octanol–water partition coefficient (Wildman–Crippen LogP) is -0.735. The Hall–Kier alpha value is -2.56. The highest BCUT2D eigenvalue weighted by molar-refractivity contribution is 5.80. The lowest BCUT2D eigenvalue weighted by Crippen LogP contribution is -2.29. The first kappa shape index (κ1) is 14.5. The summed E-state index contributed by atoms with van der Waals surface area (Å²) in [6.45, 7) is 2.82. The van der Waals surface area contributed by atoms with Crippen LogP contribution in [-0.4, -0.2) is 34.8 Å². The number of esters is 1. The number of carbonyl (C=O) groups excluding carboxylic acids is 2. The zero-order chi connectivity index (χ0) is 14.4. The average molecular weight is 265 g/mol. The fraction of sp³-hybridized carbons (Fsp3) is 0.455. The second-order valence-corrected chi connectivity index (χ2v) is 3.84. The van der Waals surface area contributed by atoms with Crippen molar-refractivity contribution in [3.05, 3.63) is 11.4 Å². The van der Waals surface area contributed by atoms with E-state index >= 15 is 0 Å². The van der Waals surface area contributed by atoms with E-state index in [0.29, 0.717) is 17.1 Å². The Morgan fingerprint density at radius 3 is 2.74 bits per heavy atom. The topological polar surface area (TPSA) is 123 Å². The number of hydrogen-bond donors (Lipinski definition) is 2. The fourth-order valence-electron chi connectivity index (χ4n) is 1.37. The molecule has 1 amide bonds. The number of amides is 1. The Kier molecular flexibility index (Phi) is 4.88. The monoisotopic (exact) mass is 265 g/mol. The number of anilines is 1. The van der Waals surface area contributed by atoms with Crippen LogP contribution in [0.3, 0.4) is 0 Å². The van der Waals surface area contributed by atoms with Gasteiger partial charge in [-0.25, -0.2) is 0 Å². The summed E-state index contributed by atoms with van der Waals surface area (Å²) >= 11 is 0. The van der Waals surface area contributed by atoms with Crippen molar-refractivity contribution < 1.29 is 14.3 Å². The van der Waals surface area contributed by atoms with Crippen molar-refractivity contribution in [2.75, 3.05) is 18.9 Å². The van der Waals surface area contributed by atoms with Crippen LogP contribution in [0, 0.1) is 25.2 Å². The van der Waals surface area contributed by atoms with E-state index < -0.39 is 18.5 Å². The van der Waals surface area contributed by atoms with E-state index in [1.165, 1.54) is 4.68 Å². The summed E-state index contributed by atoms with van der Waals surface area (Å²) in [6, 6.07) is 1.74. The van der Waals surface area contributed by atoms with Crippen molar-refractivity contribution in [2.45, 2.75) is 20.4 Å². The Morgan fingerprint density at radius 2 is 2.21 bits per heavy atom. The fourth-order valence-corrected chi connectivity index (χ4v) is 1.37. The van der Waals surface area contributed by atoms with Gasteiger partial charge in [0, 0.05) is 0 Å². The predicted molar refractivity (Wildman–Crippen MR) is 65.7 cm³/mol. The molecule has 8 nitrogen and oxygen atoms in total. The number of aromatic nitrogens is 2. The summed E-state index contributed by atoms with van der Waals surface area (Å²) in [5.41, 5.74) is 7.56. The third-order valence-electron chi connectivity index (χ3n) is 2.45. The zero-order valence-electron chi connectivity index (χ0n) is 10.8. The summed E-state index contributed by atoms with van der Waals surface area (Å²) in [5, 5.41) is 14.6. The van der Waals surface area contributed by atoms with Gasteiger partial charge >= 0.3 is 5.97 Å². The number of rotatable bonds is 5. The second kappa shape index (κ2) is 6.39. The van der Waals surface area contributed by atoms with E-state index in [1.807, 2.05) is 0 Å². The number of carbonyl (C=O) groups is 2. The van der Waals surface area contributed by atoms with E-state index in [-0.39, 0.29) is 13.1 Å². The molecule has 0 aliphatic heterocycles. The van der Waals surface area contributed by atoms with Crippen LogP contribution in [0.1, 0.15) is 11.4 Å². The molecule has 1 aromatic rings. The number of ether oxygens (including phenoxy) is 1. The molecule has 0 saturated carbocycles.